The van der Waals surface area contributed by atoms with E-state index < -0.39 is 12.1 Å². The van der Waals surface area contributed by atoms with Gasteiger partial charge in [-0.15, -0.1) is 0 Å². The smallest absolute Gasteiger partial charge is 0.249 e. The quantitative estimate of drug-likeness (QED) is 0.732. The Morgan fingerprint density at radius 2 is 1.90 bits per heavy atom. The lowest BCUT2D eigenvalue weighted by Gasteiger charge is -2.38. The highest BCUT2D eigenvalue weighted by Crippen LogP contribution is 2.31. The first-order chi connectivity index (χ1) is 14.5. The zero-order valence-electron chi connectivity index (χ0n) is 16.9. The number of methoxy groups -OCH3 is 1. The molecule has 2 aromatic rings. The maximum absolute atomic E-state index is 12.5. The van der Waals surface area contributed by atoms with E-state index in [1.165, 1.54) is 0 Å². The van der Waals surface area contributed by atoms with E-state index in [1.807, 2.05) is 24.3 Å². The average Bonchev–Trinajstić information content (AvgIpc) is 3.61. The van der Waals surface area contributed by atoms with Gasteiger partial charge in [0.2, 0.25) is 11.8 Å². The highest BCUT2D eigenvalue weighted by Gasteiger charge is 2.35. The first-order valence-corrected chi connectivity index (χ1v) is 10.1. The van der Waals surface area contributed by atoms with Gasteiger partial charge in [0.05, 0.1) is 19.8 Å². The van der Waals surface area contributed by atoms with Crippen molar-refractivity contribution in [2.45, 2.75) is 31.5 Å². The SMILES string of the molecule is COc1ccc(CN2C(=O)COC[C@@H]2[C@H](O)c2ccc(NC(=O)C3CC3)cc2)cc1. The van der Waals surface area contributed by atoms with Crippen LogP contribution in [0.5, 0.6) is 5.75 Å². The van der Waals surface area contributed by atoms with Crippen molar-refractivity contribution >= 4 is 17.5 Å². The van der Waals surface area contributed by atoms with Gasteiger partial charge in [-0.2, -0.15) is 0 Å². The van der Waals surface area contributed by atoms with E-state index in [-0.39, 0.29) is 30.9 Å². The molecule has 1 saturated heterocycles. The molecule has 2 aliphatic rings. The number of morpholine rings is 1. The molecule has 1 aliphatic heterocycles. The van der Waals surface area contributed by atoms with Gasteiger partial charge in [-0.05, 0) is 48.2 Å². The van der Waals surface area contributed by atoms with E-state index in [0.29, 0.717) is 17.8 Å². The number of aliphatic hydroxyl groups excluding tert-OH is 1. The molecule has 0 aromatic heterocycles. The second kappa shape index (κ2) is 8.85. The Morgan fingerprint density at radius 3 is 2.53 bits per heavy atom. The Balaban J connectivity index is 1.46. The second-order valence-corrected chi connectivity index (χ2v) is 7.78. The Kier molecular flexibility index (Phi) is 6.01. The van der Waals surface area contributed by atoms with E-state index in [2.05, 4.69) is 5.32 Å². The number of anilines is 1. The molecule has 1 aliphatic carbocycles. The molecule has 0 radical (unpaired) electrons. The number of benzene rings is 2. The van der Waals surface area contributed by atoms with Gasteiger partial charge in [-0.1, -0.05) is 24.3 Å². The van der Waals surface area contributed by atoms with E-state index >= 15 is 0 Å². The Morgan fingerprint density at radius 1 is 1.20 bits per heavy atom. The van der Waals surface area contributed by atoms with Gasteiger partial charge in [0, 0.05) is 18.2 Å². The number of ether oxygens (including phenoxy) is 2. The minimum Gasteiger partial charge on any atom is -0.497 e. The summed E-state index contributed by atoms with van der Waals surface area (Å²) in [7, 11) is 1.61. The molecule has 2 fully saturated rings. The van der Waals surface area contributed by atoms with Crippen LogP contribution in [-0.4, -0.2) is 48.2 Å². The van der Waals surface area contributed by atoms with Gasteiger partial charge < -0.3 is 24.8 Å². The van der Waals surface area contributed by atoms with Crippen LogP contribution in [0.3, 0.4) is 0 Å². The summed E-state index contributed by atoms with van der Waals surface area (Å²) in [6.45, 7) is 0.637. The summed E-state index contributed by atoms with van der Waals surface area (Å²) in [5.41, 5.74) is 2.32. The van der Waals surface area contributed by atoms with Gasteiger partial charge in [-0.25, -0.2) is 0 Å². The summed E-state index contributed by atoms with van der Waals surface area (Å²) in [5.74, 6) is 0.763. The van der Waals surface area contributed by atoms with E-state index in [9.17, 15) is 14.7 Å². The summed E-state index contributed by atoms with van der Waals surface area (Å²) < 4.78 is 10.6. The van der Waals surface area contributed by atoms with Crippen molar-refractivity contribution in [2.24, 2.45) is 5.92 Å². The monoisotopic (exact) mass is 410 g/mol. The Bertz CT molecular complexity index is 893. The van der Waals surface area contributed by atoms with Gasteiger partial charge in [0.1, 0.15) is 18.5 Å². The van der Waals surface area contributed by atoms with Gasteiger partial charge in [-0.3, -0.25) is 9.59 Å². The number of hydrogen-bond acceptors (Lipinski definition) is 5. The molecular formula is C23H26N2O5. The topological polar surface area (TPSA) is 88.1 Å². The molecule has 2 aromatic carbocycles. The Hall–Kier alpha value is -2.90. The summed E-state index contributed by atoms with van der Waals surface area (Å²) in [5, 5.41) is 13.9. The number of rotatable bonds is 7. The highest BCUT2D eigenvalue weighted by atomic mass is 16.5. The standard InChI is InChI=1S/C23H26N2O5/c1-29-19-10-2-15(3-11-19)12-25-20(13-30-14-21(25)26)22(27)16-6-8-18(9-7-16)24-23(28)17-4-5-17/h2-3,6-11,17,20,22,27H,4-5,12-14H2,1H3,(H,24,28)/t20-,22-/m1/s1. The molecule has 1 saturated carbocycles. The van der Waals surface area contributed by atoms with Crippen molar-refractivity contribution in [1.82, 2.24) is 4.90 Å². The van der Waals surface area contributed by atoms with Crippen molar-refractivity contribution in [3.8, 4) is 5.75 Å². The molecule has 7 heteroatoms. The molecule has 2 amide bonds. The summed E-state index contributed by atoms with van der Waals surface area (Å²) in [4.78, 5) is 26.1. The van der Waals surface area contributed by atoms with E-state index in [0.717, 1.165) is 24.2 Å². The molecule has 0 unspecified atom stereocenters. The Labute approximate surface area is 175 Å². The molecule has 4 rings (SSSR count). The largest absolute Gasteiger partial charge is 0.497 e. The van der Waals surface area contributed by atoms with Crippen molar-refractivity contribution < 1.29 is 24.2 Å². The lowest BCUT2D eigenvalue weighted by Crippen LogP contribution is -2.51. The molecule has 30 heavy (non-hydrogen) atoms. The lowest BCUT2D eigenvalue weighted by molar-refractivity contribution is -0.155. The molecule has 7 nitrogen and oxygen atoms in total. The van der Waals surface area contributed by atoms with Crippen molar-refractivity contribution in [2.75, 3.05) is 25.6 Å². The summed E-state index contributed by atoms with van der Waals surface area (Å²) in [6, 6.07) is 14.1. The third-order valence-electron chi connectivity index (χ3n) is 5.58. The first-order valence-electron chi connectivity index (χ1n) is 10.1. The van der Waals surface area contributed by atoms with Crippen LogP contribution in [0.1, 0.15) is 30.1 Å². The fourth-order valence-corrected chi connectivity index (χ4v) is 3.60. The molecule has 0 bridgehead atoms. The summed E-state index contributed by atoms with van der Waals surface area (Å²) in [6.07, 6.45) is 0.991. The van der Waals surface area contributed by atoms with Crippen LogP contribution in [0, 0.1) is 5.92 Å². The van der Waals surface area contributed by atoms with Crippen molar-refractivity contribution in [3.63, 3.8) is 0 Å². The van der Waals surface area contributed by atoms with Gasteiger partial charge >= 0.3 is 0 Å². The fraction of sp³-hybridized carbons (Fsp3) is 0.391. The fourth-order valence-electron chi connectivity index (χ4n) is 3.60. The molecular weight excluding hydrogens is 384 g/mol. The minimum absolute atomic E-state index is 0.00547. The predicted octanol–water partition coefficient (Wildman–Crippen LogP) is 2.50. The van der Waals surface area contributed by atoms with E-state index in [1.54, 1.807) is 36.3 Å². The molecule has 1 heterocycles. The van der Waals surface area contributed by atoms with Crippen LogP contribution in [0.2, 0.25) is 0 Å². The third-order valence-corrected chi connectivity index (χ3v) is 5.58. The second-order valence-electron chi connectivity index (χ2n) is 7.78. The number of hydrogen-bond donors (Lipinski definition) is 2. The van der Waals surface area contributed by atoms with Crippen LogP contribution in [0.15, 0.2) is 48.5 Å². The molecule has 2 atom stereocenters. The number of nitrogens with one attached hydrogen (secondary N) is 1. The number of amides is 2. The van der Waals surface area contributed by atoms with Crippen LogP contribution >= 0.6 is 0 Å². The highest BCUT2D eigenvalue weighted by molar-refractivity contribution is 5.94. The van der Waals surface area contributed by atoms with Crippen LogP contribution < -0.4 is 10.1 Å². The summed E-state index contributed by atoms with van der Waals surface area (Å²) >= 11 is 0. The van der Waals surface area contributed by atoms with E-state index in [4.69, 9.17) is 9.47 Å². The average molecular weight is 410 g/mol. The lowest BCUT2D eigenvalue weighted by atomic mass is 9.99. The molecule has 2 N–H and O–H groups in total. The zero-order valence-corrected chi connectivity index (χ0v) is 16.9. The number of carbonyl (C=O) groups is 2. The maximum atomic E-state index is 12.5. The first kappa shape index (κ1) is 20.4. The predicted molar refractivity (Wildman–Crippen MR) is 111 cm³/mol. The number of carbonyl (C=O) groups excluding carboxylic acids is 2. The molecule has 0 spiro atoms. The number of aliphatic hydroxyl groups is 1. The van der Waals surface area contributed by atoms with Crippen molar-refractivity contribution in [1.29, 1.82) is 0 Å². The third kappa shape index (κ3) is 4.63. The van der Waals surface area contributed by atoms with Gasteiger partial charge in [0.25, 0.3) is 0 Å². The maximum Gasteiger partial charge on any atom is 0.249 e. The zero-order chi connectivity index (χ0) is 21.1. The van der Waals surface area contributed by atoms with Crippen molar-refractivity contribution in [3.05, 3.63) is 59.7 Å². The normalized spacial score (nSPS) is 20.0. The number of nitrogens with zero attached hydrogens (tertiary/aromatic N) is 1. The van der Waals surface area contributed by atoms with Crippen LogP contribution in [0.4, 0.5) is 5.69 Å². The molecule has 158 valence electrons. The van der Waals surface area contributed by atoms with Gasteiger partial charge in [0.15, 0.2) is 0 Å². The van der Waals surface area contributed by atoms with Crippen LogP contribution in [0.25, 0.3) is 0 Å². The minimum atomic E-state index is -0.902. The van der Waals surface area contributed by atoms with Crippen LogP contribution in [-0.2, 0) is 20.9 Å².